The molecule has 0 aromatic heterocycles. The summed E-state index contributed by atoms with van der Waals surface area (Å²) in [5.74, 6) is -3.16. The van der Waals surface area contributed by atoms with Gasteiger partial charge in [-0.15, -0.1) is 0 Å². The Bertz CT molecular complexity index is 1180. The van der Waals surface area contributed by atoms with Crippen LogP contribution in [-0.4, -0.2) is 52.4 Å². The fourth-order valence-corrected chi connectivity index (χ4v) is 5.73. The minimum Gasteiger partial charge on any atom is -0.324 e. The fourth-order valence-electron chi connectivity index (χ4n) is 3.10. The zero-order valence-corrected chi connectivity index (χ0v) is 19.7. The summed E-state index contributed by atoms with van der Waals surface area (Å²) in [7, 11) is -7.70. The Morgan fingerprint density at radius 3 is 2.00 bits per heavy atom. The van der Waals surface area contributed by atoms with E-state index in [1.807, 2.05) is 0 Å². The Labute approximate surface area is 186 Å². The van der Waals surface area contributed by atoms with Gasteiger partial charge in [0.25, 0.3) is 0 Å². The number of carbonyl (C=O) groups is 1. The molecule has 2 aromatic rings. The van der Waals surface area contributed by atoms with Crippen molar-refractivity contribution in [1.29, 1.82) is 0 Å². The molecule has 1 atom stereocenters. The van der Waals surface area contributed by atoms with Crippen LogP contribution in [0.4, 0.5) is 20.2 Å². The monoisotopic (exact) mass is 489 g/mol. The summed E-state index contributed by atoms with van der Waals surface area (Å²) >= 11 is 0. The highest BCUT2D eigenvalue weighted by atomic mass is 32.2. The van der Waals surface area contributed by atoms with Crippen LogP contribution in [0.1, 0.15) is 20.8 Å². The van der Waals surface area contributed by atoms with Crippen molar-refractivity contribution in [2.45, 2.75) is 31.7 Å². The molecule has 0 saturated heterocycles. The molecule has 1 N–H and O–H groups in total. The van der Waals surface area contributed by atoms with Crippen molar-refractivity contribution in [2.24, 2.45) is 0 Å². The van der Waals surface area contributed by atoms with Crippen LogP contribution in [0.5, 0.6) is 0 Å². The molecule has 1 amide bonds. The van der Waals surface area contributed by atoms with Crippen molar-refractivity contribution in [3.63, 3.8) is 0 Å². The Morgan fingerprint density at radius 2 is 1.53 bits per heavy atom. The number of hydrogen-bond acceptors (Lipinski definition) is 5. The van der Waals surface area contributed by atoms with Crippen LogP contribution in [0.25, 0.3) is 0 Å². The molecule has 0 saturated carbocycles. The molecule has 0 spiro atoms. The third-order valence-electron chi connectivity index (χ3n) is 4.71. The molecule has 12 heteroatoms. The zero-order chi connectivity index (χ0) is 24.3. The van der Waals surface area contributed by atoms with Gasteiger partial charge in [0.05, 0.1) is 16.8 Å². The van der Waals surface area contributed by atoms with Crippen molar-refractivity contribution < 1.29 is 30.4 Å². The van der Waals surface area contributed by atoms with Gasteiger partial charge in [0, 0.05) is 24.8 Å². The highest BCUT2D eigenvalue weighted by molar-refractivity contribution is 7.92. The normalized spacial score (nSPS) is 13.1. The highest BCUT2D eigenvalue weighted by Gasteiger charge is 2.30. The van der Waals surface area contributed by atoms with Crippen molar-refractivity contribution in [3.05, 3.63) is 54.1 Å². The molecule has 8 nitrogen and oxygen atoms in total. The van der Waals surface area contributed by atoms with Gasteiger partial charge in [0.1, 0.15) is 6.04 Å². The van der Waals surface area contributed by atoms with Gasteiger partial charge < -0.3 is 5.32 Å². The maximum Gasteiger partial charge on any atom is 0.247 e. The lowest BCUT2D eigenvalue weighted by atomic mass is 10.2. The number of nitrogens with one attached hydrogen (secondary N) is 1. The van der Waals surface area contributed by atoms with Crippen LogP contribution in [0, 0.1) is 11.6 Å². The first-order valence-corrected chi connectivity index (χ1v) is 13.0. The quantitative estimate of drug-likeness (QED) is 0.583. The summed E-state index contributed by atoms with van der Waals surface area (Å²) < 4.78 is 78.5. The van der Waals surface area contributed by atoms with Crippen LogP contribution in [0.2, 0.25) is 0 Å². The number of rotatable bonds is 9. The first-order chi connectivity index (χ1) is 14.8. The topological polar surface area (TPSA) is 104 Å². The number of hydrogen-bond donors (Lipinski definition) is 1. The number of nitrogens with zero attached hydrogens (tertiary/aromatic N) is 2. The summed E-state index contributed by atoms with van der Waals surface area (Å²) in [5, 5.41) is 2.50. The van der Waals surface area contributed by atoms with Gasteiger partial charge >= 0.3 is 0 Å². The average molecular weight is 490 g/mol. The van der Waals surface area contributed by atoms with Gasteiger partial charge in [-0.25, -0.2) is 25.6 Å². The van der Waals surface area contributed by atoms with Crippen LogP contribution in [-0.2, 0) is 24.8 Å². The van der Waals surface area contributed by atoms with E-state index < -0.39 is 43.6 Å². The Balaban J connectivity index is 2.27. The maximum atomic E-state index is 13.6. The molecule has 0 unspecified atom stereocenters. The number of benzene rings is 2. The SMILES string of the molecule is CCN(CC)S(=O)(=O)c1ccc(NC(=O)[C@@H](C)N(c2ccc(F)c(F)c2)S(C)(=O)=O)cc1. The van der Waals surface area contributed by atoms with E-state index in [9.17, 15) is 30.4 Å². The minimum atomic E-state index is -4.03. The molecule has 0 aliphatic heterocycles. The largest absolute Gasteiger partial charge is 0.324 e. The summed E-state index contributed by atoms with van der Waals surface area (Å²) in [6, 6.07) is 6.61. The lowest BCUT2D eigenvalue weighted by molar-refractivity contribution is -0.116. The summed E-state index contributed by atoms with van der Waals surface area (Å²) in [4.78, 5) is 12.7. The van der Waals surface area contributed by atoms with E-state index in [4.69, 9.17) is 0 Å². The first-order valence-electron chi connectivity index (χ1n) is 9.68. The maximum absolute atomic E-state index is 13.6. The lowest BCUT2D eigenvalue weighted by Crippen LogP contribution is -2.45. The molecule has 0 radical (unpaired) electrons. The predicted molar refractivity (Wildman–Crippen MR) is 118 cm³/mol. The first kappa shape index (κ1) is 25.7. The van der Waals surface area contributed by atoms with Crippen molar-refractivity contribution in [2.75, 3.05) is 29.0 Å². The molecule has 176 valence electrons. The van der Waals surface area contributed by atoms with E-state index in [1.165, 1.54) is 35.5 Å². The fraction of sp³-hybridized carbons (Fsp3) is 0.350. The second-order valence-corrected chi connectivity index (χ2v) is 10.7. The predicted octanol–water partition coefficient (Wildman–Crippen LogP) is 2.79. The molecule has 0 aliphatic rings. The molecule has 2 rings (SSSR count). The second kappa shape index (κ2) is 9.92. The molecular weight excluding hydrogens is 464 g/mol. The van der Waals surface area contributed by atoms with Crippen molar-refractivity contribution in [1.82, 2.24) is 4.31 Å². The standard InChI is InChI=1S/C20H25F2N3O5S2/c1-5-24(6-2)32(29,30)17-10-7-15(8-11-17)23-20(26)14(3)25(31(4,27)28)16-9-12-18(21)19(22)13-16/h7-14H,5-6H2,1-4H3,(H,23,26)/t14-/m1/s1. The molecule has 2 aromatic carbocycles. The van der Waals surface area contributed by atoms with Crippen LogP contribution in [0.3, 0.4) is 0 Å². The summed E-state index contributed by atoms with van der Waals surface area (Å²) in [6.07, 6.45) is 0.838. The van der Waals surface area contributed by atoms with Gasteiger partial charge in [0.15, 0.2) is 11.6 Å². The molecule has 0 heterocycles. The lowest BCUT2D eigenvalue weighted by Gasteiger charge is -2.28. The molecular formula is C20H25F2N3O5S2. The molecule has 0 aliphatic carbocycles. The van der Waals surface area contributed by atoms with Crippen LogP contribution < -0.4 is 9.62 Å². The zero-order valence-electron chi connectivity index (χ0n) is 18.0. The molecule has 32 heavy (non-hydrogen) atoms. The third kappa shape index (κ3) is 5.61. The molecule has 0 fully saturated rings. The number of carbonyl (C=O) groups excluding carboxylic acids is 1. The smallest absolute Gasteiger partial charge is 0.247 e. The Kier molecular flexibility index (Phi) is 7.97. The van der Waals surface area contributed by atoms with E-state index in [0.717, 1.165) is 18.4 Å². The summed E-state index contributed by atoms with van der Waals surface area (Å²) in [6.45, 7) is 5.34. The van der Waals surface area contributed by atoms with Gasteiger partial charge in [-0.1, -0.05) is 13.8 Å². The number of halogens is 2. The number of sulfonamides is 2. The van der Waals surface area contributed by atoms with Gasteiger partial charge in [0.2, 0.25) is 26.0 Å². The number of anilines is 2. The van der Waals surface area contributed by atoms with Crippen molar-refractivity contribution >= 4 is 37.3 Å². The van der Waals surface area contributed by atoms with Gasteiger partial charge in [-0.3, -0.25) is 9.10 Å². The van der Waals surface area contributed by atoms with Gasteiger partial charge in [-0.2, -0.15) is 4.31 Å². The van der Waals surface area contributed by atoms with E-state index >= 15 is 0 Å². The van der Waals surface area contributed by atoms with Crippen LogP contribution >= 0.6 is 0 Å². The number of amides is 1. The Morgan fingerprint density at radius 1 is 0.969 bits per heavy atom. The second-order valence-electron chi connectivity index (χ2n) is 6.94. The Hall–Kier alpha value is -2.57. The van der Waals surface area contributed by atoms with E-state index in [-0.39, 0.29) is 16.3 Å². The van der Waals surface area contributed by atoms with Crippen LogP contribution in [0.15, 0.2) is 47.4 Å². The summed E-state index contributed by atoms with van der Waals surface area (Å²) in [5.41, 5.74) is 0.0220. The van der Waals surface area contributed by atoms with Crippen molar-refractivity contribution in [3.8, 4) is 0 Å². The van der Waals surface area contributed by atoms with E-state index in [0.29, 0.717) is 23.5 Å². The minimum absolute atomic E-state index is 0.0480. The van der Waals surface area contributed by atoms with E-state index in [1.54, 1.807) is 13.8 Å². The average Bonchev–Trinajstić information content (AvgIpc) is 2.70. The third-order valence-corrected chi connectivity index (χ3v) is 8.02. The molecule has 0 bridgehead atoms. The van der Waals surface area contributed by atoms with Gasteiger partial charge in [-0.05, 0) is 43.3 Å². The van der Waals surface area contributed by atoms with E-state index in [2.05, 4.69) is 5.32 Å². The highest BCUT2D eigenvalue weighted by Crippen LogP contribution is 2.24.